The Kier molecular flexibility index (Phi) is 7.13. The van der Waals surface area contributed by atoms with Crippen LogP contribution >= 0.6 is 0 Å². The molecule has 0 aliphatic carbocycles. The summed E-state index contributed by atoms with van der Waals surface area (Å²) in [6, 6.07) is 18.3. The number of halogens is 2. The number of hydrogen-bond acceptors (Lipinski definition) is 0. The maximum absolute atomic E-state index is 14.8. The van der Waals surface area contributed by atoms with E-state index in [1.165, 1.54) is 5.56 Å². The summed E-state index contributed by atoms with van der Waals surface area (Å²) < 4.78 is 29.6. The van der Waals surface area contributed by atoms with Crippen LogP contribution in [0.2, 0.25) is 0 Å². The molecule has 0 radical (unpaired) electrons. The molecule has 0 saturated heterocycles. The van der Waals surface area contributed by atoms with Crippen molar-refractivity contribution in [2.24, 2.45) is 0 Å². The van der Waals surface area contributed by atoms with Crippen molar-refractivity contribution >= 4 is 22.4 Å². The van der Waals surface area contributed by atoms with Gasteiger partial charge in [-0.25, -0.2) is 8.78 Å². The van der Waals surface area contributed by atoms with Crippen LogP contribution < -0.4 is 0 Å². The summed E-state index contributed by atoms with van der Waals surface area (Å²) in [4.78, 5) is 0. The van der Waals surface area contributed by atoms with Crippen LogP contribution in [-0.2, 0) is 12.8 Å². The van der Waals surface area contributed by atoms with Crippen LogP contribution in [-0.4, -0.2) is 0 Å². The number of rotatable bonds is 8. The average Bonchev–Trinajstić information content (AvgIpc) is 2.77. The van der Waals surface area contributed by atoms with Crippen molar-refractivity contribution in [1.82, 2.24) is 0 Å². The molecule has 0 bridgehead atoms. The Bertz CT molecular complexity index is 1040. The van der Waals surface area contributed by atoms with Crippen LogP contribution in [0.4, 0.5) is 8.78 Å². The van der Waals surface area contributed by atoms with Gasteiger partial charge < -0.3 is 0 Å². The fourth-order valence-corrected chi connectivity index (χ4v) is 3.34. The first kappa shape index (κ1) is 20.7. The van der Waals surface area contributed by atoms with E-state index in [2.05, 4.69) is 18.7 Å². The van der Waals surface area contributed by atoms with Gasteiger partial charge in [-0.1, -0.05) is 72.8 Å². The van der Waals surface area contributed by atoms with E-state index in [0.29, 0.717) is 0 Å². The van der Waals surface area contributed by atoms with Crippen LogP contribution in [0.25, 0.3) is 22.4 Å². The Morgan fingerprint density at radius 2 is 1.34 bits per heavy atom. The van der Waals surface area contributed by atoms with E-state index >= 15 is 0 Å². The minimum absolute atomic E-state index is 0.256. The van der Waals surface area contributed by atoms with Gasteiger partial charge in [0, 0.05) is 11.1 Å². The number of benzene rings is 3. The lowest BCUT2D eigenvalue weighted by Gasteiger charge is -2.07. The quantitative estimate of drug-likeness (QED) is 0.269. The van der Waals surface area contributed by atoms with Gasteiger partial charge >= 0.3 is 0 Å². The molecular weight excluding hydrogens is 362 g/mol. The molecule has 0 unspecified atom stereocenters. The van der Waals surface area contributed by atoms with E-state index in [1.54, 1.807) is 24.3 Å². The standard InChI is InChI=1S/C27H26F2/c1-3-5-7-9-20-10-13-22(14-11-20)26(28)27(29)25-17-16-23-18-21(8-6-4-2)12-15-24(23)19-25/h3-5,10-19H,2,6-9H2,1H3/b5-3+,27-26?. The molecule has 0 atom stereocenters. The fourth-order valence-electron chi connectivity index (χ4n) is 3.34. The largest absolute Gasteiger partial charge is 0.203 e. The Morgan fingerprint density at radius 1 is 0.759 bits per heavy atom. The predicted octanol–water partition coefficient (Wildman–Crippen LogP) is 8.23. The molecule has 0 fully saturated rings. The van der Waals surface area contributed by atoms with Gasteiger partial charge in [-0.2, -0.15) is 0 Å². The first-order valence-electron chi connectivity index (χ1n) is 10.0. The van der Waals surface area contributed by atoms with E-state index < -0.39 is 11.7 Å². The summed E-state index contributed by atoms with van der Waals surface area (Å²) in [7, 11) is 0. The molecule has 0 amide bonds. The second-order valence-corrected chi connectivity index (χ2v) is 7.16. The van der Waals surface area contributed by atoms with E-state index in [9.17, 15) is 8.78 Å². The highest BCUT2D eigenvalue weighted by Gasteiger charge is 2.12. The molecule has 148 valence electrons. The summed E-state index contributed by atoms with van der Waals surface area (Å²) in [6.45, 7) is 5.73. The summed E-state index contributed by atoms with van der Waals surface area (Å²) in [6.07, 6.45) is 9.67. The van der Waals surface area contributed by atoms with Gasteiger partial charge in [0.15, 0.2) is 11.7 Å². The zero-order valence-corrected chi connectivity index (χ0v) is 16.8. The highest BCUT2D eigenvalue weighted by Crippen LogP contribution is 2.31. The summed E-state index contributed by atoms with van der Waals surface area (Å²) in [5.74, 6) is -1.66. The van der Waals surface area contributed by atoms with E-state index in [4.69, 9.17) is 0 Å². The van der Waals surface area contributed by atoms with Gasteiger partial charge in [-0.05, 0) is 60.6 Å². The second kappa shape index (κ2) is 9.97. The van der Waals surface area contributed by atoms with E-state index in [1.807, 2.05) is 49.4 Å². The van der Waals surface area contributed by atoms with Crippen LogP contribution in [0.15, 0.2) is 85.5 Å². The SMILES string of the molecule is C=CCCc1ccc2cc(C(F)=C(F)c3ccc(CC/C=C/C)cc3)ccc2c1. The minimum Gasteiger partial charge on any atom is -0.203 e. The lowest BCUT2D eigenvalue weighted by Crippen LogP contribution is -1.88. The lowest BCUT2D eigenvalue weighted by atomic mass is 10.0. The van der Waals surface area contributed by atoms with Crippen molar-refractivity contribution < 1.29 is 8.78 Å². The number of hydrogen-bond donors (Lipinski definition) is 0. The predicted molar refractivity (Wildman–Crippen MR) is 121 cm³/mol. The number of aryl methyl sites for hydroxylation is 2. The highest BCUT2D eigenvalue weighted by atomic mass is 19.2. The van der Waals surface area contributed by atoms with Gasteiger partial charge in [0.25, 0.3) is 0 Å². The van der Waals surface area contributed by atoms with Crippen molar-refractivity contribution in [3.05, 3.63) is 108 Å². The third-order valence-electron chi connectivity index (χ3n) is 5.03. The van der Waals surface area contributed by atoms with E-state index in [-0.39, 0.29) is 11.1 Å². The maximum Gasteiger partial charge on any atom is 0.166 e. The summed E-state index contributed by atoms with van der Waals surface area (Å²) in [5.41, 5.74) is 2.84. The molecule has 29 heavy (non-hydrogen) atoms. The topological polar surface area (TPSA) is 0 Å². The van der Waals surface area contributed by atoms with Crippen LogP contribution in [0.1, 0.15) is 42.0 Å². The van der Waals surface area contributed by atoms with Crippen LogP contribution in [0.3, 0.4) is 0 Å². The molecule has 2 heteroatoms. The Balaban J connectivity index is 1.83. The van der Waals surface area contributed by atoms with Gasteiger partial charge in [0.1, 0.15) is 0 Å². The zero-order valence-electron chi connectivity index (χ0n) is 16.8. The van der Waals surface area contributed by atoms with Crippen molar-refractivity contribution in [3.8, 4) is 0 Å². The van der Waals surface area contributed by atoms with Crippen LogP contribution in [0, 0.1) is 0 Å². The smallest absolute Gasteiger partial charge is 0.166 e. The minimum atomic E-state index is -0.829. The van der Waals surface area contributed by atoms with Gasteiger partial charge in [0.05, 0.1) is 0 Å². The monoisotopic (exact) mass is 388 g/mol. The normalized spacial score (nSPS) is 12.4. The summed E-state index contributed by atoms with van der Waals surface area (Å²) in [5, 5.41) is 1.92. The zero-order chi connectivity index (χ0) is 20.6. The van der Waals surface area contributed by atoms with Crippen molar-refractivity contribution in [2.75, 3.05) is 0 Å². The lowest BCUT2D eigenvalue weighted by molar-refractivity contribution is 0.700. The molecule has 0 N–H and O–H groups in total. The van der Waals surface area contributed by atoms with Gasteiger partial charge in [-0.15, -0.1) is 6.58 Å². The molecule has 0 nitrogen and oxygen atoms in total. The molecule has 0 aromatic heterocycles. The third-order valence-corrected chi connectivity index (χ3v) is 5.03. The van der Waals surface area contributed by atoms with Crippen molar-refractivity contribution in [3.63, 3.8) is 0 Å². The third kappa shape index (κ3) is 5.29. The molecule has 3 aromatic carbocycles. The molecule has 3 aromatic rings. The Labute approximate surface area is 171 Å². The molecule has 3 rings (SSSR count). The molecule has 0 aliphatic rings. The molecule has 0 heterocycles. The van der Waals surface area contributed by atoms with Crippen molar-refractivity contribution in [1.29, 1.82) is 0 Å². The first-order chi connectivity index (χ1) is 14.1. The molecule has 0 aliphatic heterocycles. The van der Waals surface area contributed by atoms with Gasteiger partial charge in [-0.3, -0.25) is 0 Å². The average molecular weight is 389 g/mol. The number of fused-ring (bicyclic) bond motifs is 1. The molecular formula is C27H26F2. The van der Waals surface area contributed by atoms with E-state index in [0.717, 1.165) is 42.0 Å². The fraction of sp³-hybridized carbons (Fsp3) is 0.185. The second-order valence-electron chi connectivity index (χ2n) is 7.16. The molecule has 0 spiro atoms. The number of allylic oxidation sites excluding steroid dienone is 3. The molecule has 0 saturated carbocycles. The van der Waals surface area contributed by atoms with Crippen molar-refractivity contribution in [2.45, 2.75) is 32.6 Å². The summed E-state index contributed by atoms with van der Waals surface area (Å²) >= 11 is 0. The van der Waals surface area contributed by atoms with Gasteiger partial charge in [0.2, 0.25) is 0 Å². The first-order valence-corrected chi connectivity index (χ1v) is 10.0. The highest BCUT2D eigenvalue weighted by molar-refractivity contribution is 5.90. The Hall–Kier alpha value is -3.00. The Morgan fingerprint density at radius 3 is 2.07 bits per heavy atom. The van der Waals surface area contributed by atoms with Crippen LogP contribution in [0.5, 0.6) is 0 Å². The maximum atomic E-state index is 14.8.